The average Bonchev–Trinajstić information content (AvgIpc) is 3.53. The molecule has 4 rings (SSSR count). The average molecular weight is 470 g/mol. The van der Waals surface area contributed by atoms with Gasteiger partial charge in [-0.05, 0) is 37.3 Å². The number of nitrogens with zero attached hydrogens (tertiary/aromatic N) is 5. The lowest BCUT2D eigenvalue weighted by Gasteiger charge is -2.08. The molecule has 0 spiro atoms. The summed E-state index contributed by atoms with van der Waals surface area (Å²) < 4.78 is 10.0. The van der Waals surface area contributed by atoms with E-state index in [4.69, 9.17) is 4.42 Å². The van der Waals surface area contributed by atoms with Gasteiger partial charge in [0.25, 0.3) is 5.91 Å². The van der Waals surface area contributed by atoms with Crippen molar-refractivity contribution < 1.29 is 14.0 Å². The number of imidazole rings is 1. The van der Waals surface area contributed by atoms with Gasteiger partial charge in [0.1, 0.15) is 0 Å². The number of aromatic nitrogens is 5. The Labute approximate surface area is 192 Å². The molecule has 3 heterocycles. The van der Waals surface area contributed by atoms with Crippen molar-refractivity contribution in [3.63, 3.8) is 0 Å². The molecule has 2 amide bonds. The monoisotopic (exact) mass is 469 g/mol. The third-order valence-electron chi connectivity index (χ3n) is 5.15. The number of hydrogen-bond acceptors (Lipinski definition) is 7. The van der Waals surface area contributed by atoms with Crippen LogP contribution in [0.15, 0.2) is 51.0 Å². The molecule has 0 aliphatic rings. The Kier molecular flexibility index (Phi) is 6.36. The quantitative estimate of drug-likeness (QED) is 0.376. The van der Waals surface area contributed by atoms with Crippen LogP contribution in [0, 0.1) is 0 Å². The van der Waals surface area contributed by atoms with Crippen LogP contribution >= 0.6 is 11.8 Å². The Morgan fingerprint density at radius 3 is 2.64 bits per heavy atom. The molecule has 0 bridgehead atoms. The van der Waals surface area contributed by atoms with E-state index in [1.54, 1.807) is 49.0 Å². The maximum absolute atomic E-state index is 12.5. The van der Waals surface area contributed by atoms with Gasteiger partial charge in [0.05, 0.1) is 29.6 Å². The second kappa shape index (κ2) is 9.36. The normalized spacial score (nSPS) is 11.1. The third kappa shape index (κ3) is 4.55. The SMILES string of the molecule is CCn1c(CNC(=O)c2ccco2)nnc1SCC(=O)Nc1ccc2c(c1)n(C)c(=O)n2C. The number of hydrogen-bond donors (Lipinski definition) is 2. The molecule has 0 saturated heterocycles. The van der Waals surface area contributed by atoms with E-state index in [1.165, 1.54) is 22.6 Å². The first kappa shape index (κ1) is 22.4. The van der Waals surface area contributed by atoms with Crippen molar-refractivity contribution in [3.05, 3.63) is 58.7 Å². The lowest BCUT2D eigenvalue weighted by Crippen LogP contribution is -2.24. The first-order valence-corrected chi connectivity index (χ1v) is 11.2. The summed E-state index contributed by atoms with van der Waals surface area (Å²) in [5, 5.41) is 14.5. The minimum absolute atomic E-state index is 0.126. The largest absolute Gasteiger partial charge is 0.459 e. The standard InChI is InChI=1S/C21H23N7O4S/c1-4-28-17(11-22-19(30)16-6-5-9-32-16)24-25-20(28)33-12-18(29)23-13-7-8-14-15(10-13)27(3)21(31)26(14)2/h5-10H,4,11-12H2,1-3H3,(H,22,30)(H,23,29). The van der Waals surface area contributed by atoms with Gasteiger partial charge in [0.2, 0.25) is 5.91 Å². The van der Waals surface area contributed by atoms with Crippen LogP contribution in [0.2, 0.25) is 0 Å². The summed E-state index contributed by atoms with van der Waals surface area (Å²) in [6, 6.07) is 8.56. The molecule has 0 radical (unpaired) electrons. The topological polar surface area (TPSA) is 129 Å². The van der Waals surface area contributed by atoms with Gasteiger partial charge in [0, 0.05) is 26.3 Å². The molecule has 0 fully saturated rings. The highest BCUT2D eigenvalue weighted by atomic mass is 32.2. The lowest BCUT2D eigenvalue weighted by molar-refractivity contribution is -0.113. The van der Waals surface area contributed by atoms with E-state index in [-0.39, 0.29) is 35.6 Å². The fourth-order valence-corrected chi connectivity index (χ4v) is 4.26. The van der Waals surface area contributed by atoms with E-state index in [1.807, 2.05) is 11.5 Å². The highest BCUT2D eigenvalue weighted by molar-refractivity contribution is 7.99. The molecule has 11 nitrogen and oxygen atoms in total. The Morgan fingerprint density at radius 2 is 1.91 bits per heavy atom. The van der Waals surface area contributed by atoms with Crippen molar-refractivity contribution in [3.8, 4) is 0 Å². The van der Waals surface area contributed by atoms with Gasteiger partial charge in [-0.1, -0.05) is 11.8 Å². The molecular formula is C21H23N7O4S. The number of carbonyl (C=O) groups excluding carboxylic acids is 2. The van der Waals surface area contributed by atoms with Crippen LogP contribution in [0.4, 0.5) is 5.69 Å². The van der Waals surface area contributed by atoms with Crippen LogP contribution in [0.5, 0.6) is 0 Å². The zero-order chi connectivity index (χ0) is 23.5. The van der Waals surface area contributed by atoms with Gasteiger partial charge in [-0.3, -0.25) is 18.7 Å². The Morgan fingerprint density at radius 1 is 1.12 bits per heavy atom. The summed E-state index contributed by atoms with van der Waals surface area (Å²) in [5.74, 6) is 0.377. The Balaban J connectivity index is 1.37. The molecule has 0 atom stereocenters. The highest BCUT2D eigenvalue weighted by Crippen LogP contribution is 2.20. The Hall–Kier alpha value is -3.80. The molecule has 12 heteroatoms. The second-order valence-electron chi connectivity index (χ2n) is 7.24. The van der Waals surface area contributed by atoms with Gasteiger partial charge in [-0.25, -0.2) is 4.79 Å². The third-order valence-corrected chi connectivity index (χ3v) is 6.12. The number of anilines is 1. The first-order chi connectivity index (χ1) is 15.9. The molecule has 1 aromatic carbocycles. The zero-order valence-electron chi connectivity index (χ0n) is 18.4. The number of aryl methyl sites for hydroxylation is 2. The summed E-state index contributed by atoms with van der Waals surface area (Å²) >= 11 is 1.25. The van der Waals surface area contributed by atoms with Crippen LogP contribution in [-0.2, 0) is 32.0 Å². The lowest BCUT2D eigenvalue weighted by atomic mass is 10.2. The van der Waals surface area contributed by atoms with E-state index in [0.29, 0.717) is 23.2 Å². The van der Waals surface area contributed by atoms with Crippen LogP contribution in [0.3, 0.4) is 0 Å². The van der Waals surface area contributed by atoms with Crippen molar-refractivity contribution in [1.82, 2.24) is 29.2 Å². The molecule has 4 aromatic rings. The fraction of sp³-hybridized carbons (Fsp3) is 0.286. The van der Waals surface area contributed by atoms with Crippen molar-refractivity contribution in [2.75, 3.05) is 11.1 Å². The molecule has 0 aliphatic carbocycles. The smallest absolute Gasteiger partial charge is 0.328 e. The molecule has 0 unspecified atom stereocenters. The summed E-state index contributed by atoms with van der Waals surface area (Å²) in [5.41, 5.74) is 2.00. The molecule has 3 aromatic heterocycles. The highest BCUT2D eigenvalue weighted by Gasteiger charge is 2.16. The number of amides is 2. The van der Waals surface area contributed by atoms with E-state index < -0.39 is 0 Å². The maximum atomic E-state index is 12.5. The van der Waals surface area contributed by atoms with Crippen molar-refractivity contribution in [1.29, 1.82) is 0 Å². The van der Waals surface area contributed by atoms with Gasteiger partial charge >= 0.3 is 5.69 Å². The number of furan rings is 1. The summed E-state index contributed by atoms with van der Waals surface area (Å²) in [7, 11) is 3.40. The molecular weight excluding hydrogens is 446 g/mol. The number of carbonyl (C=O) groups is 2. The summed E-state index contributed by atoms with van der Waals surface area (Å²) in [6.45, 7) is 2.70. The maximum Gasteiger partial charge on any atom is 0.328 e. The van der Waals surface area contributed by atoms with E-state index >= 15 is 0 Å². The van der Waals surface area contributed by atoms with E-state index in [2.05, 4.69) is 20.8 Å². The predicted octanol–water partition coefficient (Wildman–Crippen LogP) is 1.74. The second-order valence-corrected chi connectivity index (χ2v) is 8.19. The van der Waals surface area contributed by atoms with E-state index in [9.17, 15) is 14.4 Å². The van der Waals surface area contributed by atoms with E-state index in [0.717, 1.165) is 11.0 Å². The number of nitrogens with one attached hydrogen (secondary N) is 2. The molecule has 0 aliphatic heterocycles. The van der Waals surface area contributed by atoms with Gasteiger partial charge in [-0.2, -0.15) is 0 Å². The van der Waals surface area contributed by atoms with Crippen LogP contribution < -0.4 is 16.3 Å². The Bertz CT molecular complexity index is 1370. The summed E-state index contributed by atoms with van der Waals surface area (Å²) in [4.78, 5) is 36.6. The number of thioether (sulfide) groups is 1. The van der Waals surface area contributed by atoms with Crippen molar-refractivity contribution in [2.45, 2.75) is 25.2 Å². The zero-order valence-corrected chi connectivity index (χ0v) is 19.2. The molecule has 2 N–H and O–H groups in total. The first-order valence-electron chi connectivity index (χ1n) is 10.2. The molecule has 0 saturated carbocycles. The number of fused-ring (bicyclic) bond motifs is 1. The van der Waals surface area contributed by atoms with Crippen LogP contribution in [-0.4, -0.2) is 41.5 Å². The number of rotatable bonds is 8. The van der Waals surface area contributed by atoms with Crippen LogP contribution in [0.1, 0.15) is 23.3 Å². The minimum atomic E-state index is -0.341. The molecule has 33 heavy (non-hydrogen) atoms. The van der Waals surface area contributed by atoms with Crippen molar-refractivity contribution in [2.24, 2.45) is 14.1 Å². The summed E-state index contributed by atoms with van der Waals surface area (Å²) in [6.07, 6.45) is 1.43. The predicted molar refractivity (Wildman–Crippen MR) is 123 cm³/mol. The van der Waals surface area contributed by atoms with Crippen LogP contribution in [0.25, 0.3) is 11.0 Å². The number of benzene rings is 1. The fourth-order valence-electron chi connectivity index (χ4n) is 3.44. The van der Waals surface area contributed by atoms with Gasteiger partial charge in [0.15, 0.2) is 16.7 Å². The van der Waals surface area contributed by atoms with Gasteiger partial charge < -0.3 is 19.6 Å². The minimum Gasteiger partial charge on any atom is -0.459 e. The van der Waals surface area contributed by atoms with Gasteiger partial charge in [-0.15, -0.1) is 10.2 Å². The van der Waals surface area contributed by atoms with Crippen molar-refractivity contribution >= 4 is 40.3 Å². The molecule has 172 valence electrons.